The summed E-state index contributed by atoms with van der Waals surface area (Å²) in [5.41, 5.74) is -0.421. The Balaban J connectivity index is 1.52. The molecule has 2 rings (SSSR count). The molecule has 54 heavy (non-hydrogen) atoms. The highest BCUT2D eigenvalue weighted by Crippen LogP contribution is 2.22. The number of carbonyl (C=O) groups excluding carboxylic acids is 5. The van der Waals surface area contributed by atoms with Crippen molar-refractivity contribution >= 4 is 29.8 Å². The maximum absolute atomic E-state index is 12.6. The summed E-state index contributed by atoms with van der Waals surface area (Å²) in [7, 11) is 0. The zero-order chi connectivity index (χ0) is 39.6. The van der Waals surface area contributed by atoms with Crippen LogP contribution in [0.1, 0.15) is 152 Å². The SMILES string of the molecule is CCCCCCC(C)OC(=O)c1ccc(OC(=O)c2ccc(OCCCCCCCCCCCCOC(=O)C(C)(COC(C)=O)COC(C)=O)cc2)cc1. The average molecular weight is 755 g/mol. The van der Waals surface area contributed by atoms with Crippen molar-refractivity contribution in [3.05, 3.63) is 59.7 Å². The number of esters is 5. The quantitative estimate of drug-likeness (QED) is 0.0355. The van der Waals surface area contributed by atoms with Gasteiger partial charge in [0.2, 0.25) is 0 Å². The predicted octanol–water partition coefficient (Wildman–Crippen LogP) is 9.38. The molecule has 2 aromatic carbocycles. The topological polar surface area (TPSA) is 141 Å². The maximum Gasteiger partial charge on any atom is 0.343 e. The largest absolute Gasteiger partial charge is 0.494 e. The van der Waals surface area contributed by atoms with Crippen LogP contribution in [0.2, 0.25) is 0 Å². The highest BCUT2D eigenvalue weighted by atomic mass is 16.6. The van der Waals surface area contributed by atoms with Crippen molar-refractivity contribution in [3.63, 3.8) is 0 Å². The van der Waals surface area contributed by atoms with Crippen LogP contribution in [0.15, 0.2) is 48.5 Å². The van der Waals surface area contributed by atoms with E-state index >= 15 is 0 Å². The summed E-state index contributed by atoms with van der Waals surface area (Å²) in [6.07, 6.45) is 15.8. The van der Waals surface area contributed by atoms with E-state index in [2.05, 4.69) is 6.92 Å². The normalized spacial score (nSPS) is 11.6. The Bertz CT molecular complexity index is 1380. The van der Waals surface area contributed by atoms with Crippen LogP contribution in [-0.2, 0) is 33.3 Å². The summed E-state index contributed by atoms with van der Waals surface area (Å²) >= 11 is 0. The first-order valence-corrected chi connectivity index (χ1v) is 19.6. The number of rotatable bonds is 28. The van der Waals surface area contributed by atoms with Crippen LogP contribution in [0, 0.1) is 5.41 Å². The first kappa shape index (κ1) is 45.7. The third-order valence-electron chi connectivity index (χ3n) is 8.88. The molecule has 1 atom stereocenters. The highest BCUT2D eigenvalue weighted by Gasteiger charge is 2.38. The van der Waals surface area contributed by atoms with E-state index in [4.69, 9.17) is 28.4 Å². The molecular weight excluding hydrogens is 692 g/mol. The number of benzene rings is 2. The molecular formula is C43H62O11. The van der Waals surface area contributed by atoms with E-state index in [1.54, 1.807) is 55.5 Å². The van der Waals surface area contributed by atoms with Gasteiger partial charge in [-0.25, -0.2) is 9.59 Å². The van der Waals surface area contributed by atoms with Gasteiger partial charge in [-0.1, -0.05) is 77.6 Å². The van der Waals surface area contributed by atoms with Crippen molar-refractivity contribution < 1.29 is 52.4 Å². The first-order valence-electron chi connectivity index (χ1n) is 19.6. The van der Waals surface area contributed by atoms with Gasteiger partial charge in [-0.15, -0.1) is 0 Å². The van der Waals surface area contributed by atoms with Gasteiger partial charge in [0.05, 0.1) is 30.4 Å². The highest BCUT2D eigenvalue weighted by molar-refractivity contribution is 5.92. The minimum atomic E-state index is -1.24. The van der Waals surface area contributed by atoms with Gasteiger partial charge < -0.3 is 28.4 Å². The lowest BCUT2D eigenvalue weighted by Gasteiger charge is -2.26. The fraction of sp³-hybridized carbons (Fsp3) is 0.605. The standard InChI is InChI=1S/C43H62O11/c1-6-7-8-17-20-33(2)53-40(46)36-23-27-39(28-24-36)54-41(47)37-21-25-38(26-22-37)49-29-18-15-13-11-9-10-12-14-16-19-30-50-42(48)43(5,31-51-34(3)44)32-52-35(4)45/h21-28,33H,6-20,29-32H2,1-5H3. The van der Waals surface area contributed by atoms with Crippen LogP contribution in [0.5, 0.6) is 11.5 Å². The molecule has 0 aliphatic heterocycles. The molecule has 0 saturated heterocycles. The molecule has 0 radical (unpaired) electrons. The number of hydrogen-bond donors (Lipinski definition) is 0. The van der Waals surface area contributed by atoms with Gasteiger partial charge in [-0.05, 0) is 88.1 Å². The Morgan fingerprint density at radius 3 is 1.56 bits per heavy atom. The molecule has 0 aliphatic rings. The zero-order valence-electron chi connectivity index (χ0n) is 33.1. The van der Waals surface area contributed by atoms with Crippen LogP contribution in [-0.4, -0.2) is 62.4 Å². The minimum Gasteiger partial charge on any atom is -0.494 e. The second-order valence-electron chi connectivity index (χ2n) is 14.1. The van der Waals surface area contributed by atoms with Crippen molar-refractivity contribution in [2.24, 2.45) is 5.41 Å². The third-order valence-corrected chi connectivity index (χ3v) is 8.88. The van der Waals surface area contributed by atoms with Crippen LogP contribution >= 0.6 is 0 Å². The maximum atomic E-state index is 12.6. The van der Waals surface area contributed by atoms with Crippen molar-refractivity contribution in [1.29, 1.82) is 0 Å². The van der Waals surface area contributed by atoms with Gasteiger partial charge >= 0.3 is 29.8 Å². The Morgan fingerprint density at radius 2 is 1.04 bits per heavy atom. The van der Waals surface area contributed by atoms with E-state index in [0.29, 0.717) is 29.2 Å². The Hall–Kier alpha value is -4.41. The van der Waals surface area contributed by atoms with Crippen LogP contribution in [0.3, 0.4) is 0 Å². The van der Waals surface area contributed by atoms with Gasteiger partial charge in [0, 0.05) is 13.8 Å². The summed E-state index contributed by atoms with van der Waals surface area (Å²) in [6.45, 7) is 8.58. The van der Waals surface area contributed by atoms with Gasteiger partial charge in [-0.2, -0.15) is 0 Å². The van der Waals surface area contributed by atoms with Gasteiger partial charge in [0.25, 0.3) is 0 Å². The summed E-state index contributed by atoms with van der Waals surface area (Å²) < 4.78 is 32.2. The van der Waals surface area contributed by atoms with Crippen molar-refractivity contribution in [2.45, 2.75) is 137 Å². The summed E-state index contributed by atoms with van der Waals surface area (Å²) in [6, 6.07) is 13.3. The van der Waals surface area contributed by atoms with Crippen LogP contribution in [0.25, 0.3) is 0 Å². The van der Waals surface area contributed by atoms with E-state index in [1.165, 1.54) is 39.5 Å². The molecule has 11 heteroatoms. The lowest BCUT2D eigenvalue weighted by Crippen LogP contribution is -2.40. The Kier molecular flexibility index (Phi) is 22.3. The summed E-state index contributed by atoms with van der Waals surface area (Å²) in [5.74, 6) is -1.42. The first-order chi connectivity index (χ1) is 25.9. The van der Waals surface area contributed by atoms with Crippen molar-refractivity contribution in [1.82, 2.24) is 0 Å². The van der Waals surface area contributed by atoms with Gasteiger partial charge in [-0.3, -0.25) is 14.4 Å². The van der Waals surface area contributed by atoms with Crippen LogP contribution < -0.4 is 9.47 Å². The molecule has 2 aromatic rings. The van der Waals surface area contributed by atoms with E-state index < -0.39 is 29.3 Å². The van der Waals surface area contributed by atoms with Crippen molar-refractivity contribution in [3.8, 4) is 11.5 Å². The van der Waals surface area contributed by atoms with E-state index in [-0.39, 0.29) is 31.9 Å². The number of hydrogen-bond acceptors (Lipinski definition) is 11. The molecule has 300 valence electrons. The Labute approximate surface area is 321 Å². The molecule has 1 unspecified atom stereocenters. The lowest BCUT2D eigenvalue weighted by atomic mass is 9.93. The Morgan fingerprint density at radius 1 is 0.574 bits per heavy atom. The van der Waals surface area contributed by atoms with Gasteiger partial charge in [0.15, 0.2) is 0 Å². The van der Waals surface area contributed by atoms with Gasteiger partial charge in [0.1, 0.15) is 30.1 Å². The molecule has 0 heterocycles. The second kappa shape index (κ2) is 26.4. The molecule has 0 fully saturated rings. The second-order valence-corrected chi connectivity index (χ2v) is 14.1. The van der Waals surface area contributed by atoms with Crippen LogP contribution in [0.4, 0.5) is 0 Å². The summed E-state index contributed by atoms with van der Waals surface area (Å²) in [4.78, 5) is 60.1. The zero-order valence-corrected chi connectivity index (χ0v) is 33.1. The molecule has 0 aliphatic carbocycles. The lowest BCUT2D eigenvalue weighted by molar-refractivity contribution is -0.169. The smallest absolute Gasteiger partial charge is 0.343 e. The fourth-order valence-electron chi connectivity index (χ4n) is 5.51. The van der Waals surface area contributed by atoms with E-state index in [9.17, 15) is 24.0 Å². The molecule has 0 spiro atoms. The molecule has 0 bridgehead atoms. The molecule has 0 amide bonds. The monoisotopic (exact) mass is 754 g/mol. The molecule has 0 saturated carbocycles. The van der Waals surface area contributed by atoms with E-state index in [1.807, 2.05) is 6.92 Å². The average Bonchev–Trinajstić information content (AvgIpc) is 3.15. The van der Waals surface area contributed by atoms with Crippen molar-refractivity contribution in [2.75, 3.05) is 26.4 Å². The number of unbranched alkanes of at least 4 members (excludes halogenated alkanes) is 12. The predicted molar refractivity (Wildman–Crippen MR) is 205 cm³/mol. The molecule has 0 N–H and O–H groups in total. The number of ether oxygens (including phenoxy) is 6. The minimum absolute atomic E-state index is 0.144. The van der Waals surface area contributed by atoms with E-state index in [0.717, 1.165) is 70.6 Å². The fourth-order valence-corrected chi connectivity index (χ4v) is 5.51. The summed E-state index contributed by atoms with van der Waals surface area (Å²) in [5, 5.41) is 0. The third kappa shape index (κ3) is 19.6. The number of carbonyl (C=O) groups is 5. The molecule has 0 aromatic heterocycles. The molecule has 11 nitrogen and oxygen atoms in total.